The summed E-state index contributed by atoms with van der Waals surface area (Å²) in [6, 6.07) is 3.99. The van der Waals surface area contributed by atoms with Crippen LogP contribution in [0.25, 0.3) is 0 Å². The molecule has 0 unspecified atom stereocenters. The predicted molar refractivity (Wildman–Crippen MR) is 79.7 cm³/mol. The van der Waals surface area contributed by atoms with E-state index in [4.69, 9.17) is 0 Å². The molecule has 23 heavy (non-hydrogen) atoms. The summed E-state index contributed by atoms with van der Waals surface area (Å²) in [6.07, 6.45) is 0.0279. The van der Waals surface area contributed by atoms with Crippen LogP contribution in [0.5, 0.6) is 0 Å². The first-order chi connectivity index (χ1) is 10.9. The zero-order valence-corrected chi connectivity index (χ0v) is 12.9. The Hall–Kier alpha value is -1.89. The molecule has 1 aliphatic rings. The van der Waals surface area contributed by atoms with E-state index in [0.717, 1.165) is 30.4 Å². The van der Waals surface area contributed by atoms with E-state index < -0.39 is 11.9 Å². The zero-order chi connectivity index (χ0) is 16.4. The lowest BCUT2D eigenvalue weighted by Gasteiger charge is -2.23. The second-order valence-electron chi connectivity index (χ2n) is 6.05. The van der Waals surface area contributed by atoms with Crippen molar-refractivity contribution in [3.05, 3.63) is 47.3 Å². The van der Waals surface area contributed by atoms with Gasteiger partial charge in [-0.3, -0.25) is 4.98 Å². The molecule has 0 aliphatic carbocycles. The van der Waals surface area contributed by atoms with Gasteiger partial charge in [-0.15, -0.1) is 0 Å². The van der Waals surface area contributed by atoms with Gasteiger partial charge in [0.25, 0.3) is 0 Å². The summed E-state index contributed by atoms with van der Waals surface area (Å²) in [5.74, 6) is 0.844. The minimum atomic E-state index is -4.37. The standard InChI is InChI=1S/C16H19F3N4/c1-11-2-4-13(21-6-11)8-20-7-12-3-5-15-22-14(16(17,18)19)10-23(15)9-12/h2,4,6,10,12,20H,3,5,7-9H2,1H3/t12-/m1/s1. The fraction of sp³-hybridized carbons (Fsp3) is 0.500. The Balaban J connectivity index is 1.53. The highest BCUT2D eigenvalue weighted by molar-refractivity contribution is 5.12. The van der Waals surface area contributed by atoms with E-state index in [1.165, 1.54) is 0 Å². The first-order valence-corrected chi connectivity index (χ1v) is 7.67. The van der Waals surface area contributed by atoms with Crippen LogP contribution < -0.4 is 5.32 Å². The third kappa shape index (κ3) is 3.90. The summed E-state index contributed by atoms with van der Waals surface area (Å²) < 4.78 is 39.7. The normalized spacial score (nSPS) is 18.0. The third-order valence-electron chi connectivity index (χ3n) is 4.09. The largest absolute Gasteiger partial charge is 0.434 e. The van der Waals surface area contributed by atoms with Crippen molar-refractivity contribution in [2.45, 2.75) is 39.0 Å². The lowest BCUT2D eigenvalue weighted by atomic mass is 9.99. The molecule has 0 radical (unpaired) electrons. The summed E-state index contributed by atoms with van der Waals surface area (Å²) in [6.45, 7) is 3.99. The Morgan fingerprint density at radius 1 is 1.35 bits per heavy atom. The molecule has 3 rings (SSSR count). The molecule has 0 saturated carbocycles. The van der Waals surface area contributed by atoms with Crippen molar-refractivity contribution >= 4 is 0 Å². The molecule has 1 aliphatic heterocycles. The number of alkyl halides is 3. The maximum Gasteiger partial charge on any atom is 0.434 e. The summed E-state index contributed by atoms with van der Waals surface area (Å²) in [4.78, 5) is 8.02. The van der Waals surface area contributed by atoms with E-state index in [1.807, 2.05) is 25.3 Å². The van der Waals surface area contributed by atoms with Gasteiger partial charge in [0.1, 0.15) is 5.82 Å². The van der Waals surface area contributed by atoms with Crippen molar-refractivity contribution in [2.75, 3.05) is 6.54 Å². The first-order valence-electron chi connectivity index (χ1n) is 7.67. The molecular formula is C16H19F3N4. The van der Waals surface area contributed by atoms with Crippen LogP contribution in [0.4, 0.5) is 13.2 Å². The molecule has 1 atom stereocenters. The lowest BCUT2D eigenvalue weighted by molar-refractivity contribution is -0.141. The van der Waals surface area contributed by atoms with Crippen molar-refractivity contribution in [2.24, 2.45) is 5.92 Å². The topological polar surface area (TPSA) is 42.7 Å². The average molecular weight is 324 g/mol. The van der Waals surface area contributed by atoms with E-state index in [9.17, 15) is 13.2 Å². The van der Waals surface area contributed by atoms with Crippen LogP contribution in [0.15, 0.2) is 24.5 Å². The van der Waals surface area contributed by atoms with Crippen LogP contribution in [-0.4, -0.2) is 21.1 Å². The number of pyridine rings is 1. The van der Waals surface area contributed by atoms with E-state index in [0.29, 0.717) is 31.3 Å². The quantitative estimate of drug-likeness (QED) is 0.940. The molecule has 0 spiro atoms. The van der Waals surface area contributed by atoms with Gasteiger partial charge in [0, 0.05) is 38.4 Å². The van der Waals surface area contributed by atoms with E-state index >= 15 is 0 Å². The monoisotopic (exact) mass is 324 g/mol. The number of hydrogen-bond donors (Lipinski definition) is 1. The van der Waals surface area contributed by atoms with Crippen LogP contribution in [0.3, 0.4) is 0 Å². The van der Waals surface area contributed by atoms with Gasteiger partial charge >= 0.3 is 6.18 Å². The van der Waals surface area contributed by atoms with Crippen LogP contribution in [0.1, 0.15) is 29.2 Å². The van der Waals surface area contributed by atoms with Crippen molar-refractivity contribution in [3.8, 4) is 0 Å². The number of nitrogens with one attached hydrogen (secondary N) is 1. The van der Waals surface area contributed by atoms with Gasteiger partial charge in [0.05, 0.1) is 5.69 Å². The number of rotatable bonds is 4. The average Bonchev–Trinajstić information content (AvgIpc) is 2.93. The summed E-state index contributed by atoms with van der Waals surface area (Å²) in [5.41, 5.74) is 1.30. The number of aryl methyl sites for hydroxylation is 2. The van der Waals surface area contributed by atoms with Gasteiger partial charge in [-0.25, -0.2) is 4.98 Å². The van der Waals surface area contributed by atoms with Crippen molar-refractivity contribution < 1.29 is 13.2 Å². The fourth-order valence-electron chi connectivity index (χ4n) is 2.83. The Bertz CT molecular complexity index is 661. The van der Waals surface area contributed by atoms with Gasteiger partial charge in [0.2, 0.25) is 0 Å². The second-order valence-corrected chi connectivity index (χ2v) is 6.05. The molecule has 2 aromatic heterocycles. The molecular weight excluding hydrogens is 305 g/mol. The highest BCUT2D eigenvalue weighted by Gasteiger charge is 2.35. The van der Waals surface area contributed by atoms with E-state index in [2.05, 4.69) is 15.3 Å². The maximum atomic E-state index is 12.7. The third-order valence-corrected chi connectivity index (χ3v) is 4.09. The molecule has 4 nitrogen and oxygen atoms in total. The number of hydrogen-bond acceptors (Lipinski definition) is 3. The highest BCUT2D eigenvalue weighted by atomic mass is 19.4. The smallest absolute Gasteiger partial charge is 0.334 e. The molecule has 0 saturated heterocycles. The molecule has 0 bridgehead atoms. The first kappa shape index (κ1) is 16.0. The highest BCUT2D eigenvalue weighted by Crippen LogP contribution is 2.30. The van der Waals surface area contributed by atoms with Gasteiger partial charge in [0.15, 0.2) is 5.69 Å². The van der Waals surface area contributed by atoms with Crippen molar-refractivity contribution in [1.82, 2.24) is 19.9 Å². The number of aromatic nitrogens is 3. The Labute approximate surface area is 132 Å². The van der Waals surface area contributed by atoms with Crippen LogP contribution in [0, 0.1) is 12.8 Å². The molecule has 3 heterocycles. The summed E-state index contributed by atoms with van der Waals surface area (Å²) in [7, 11) is 0. The molecule has 0 amide bonds. The van der Waals surface area contributed by atoms with E-state index in [1.54, 1.807) is 4.57 Å². The number of imidazole rings is 1. The second kappa shape index (κ2) is 6.31. The minimum Gasteiger partial charge on any atom is -0.334 e. The van der Waals surface area contributed by atoms with Crippen molar-refractivity contribution in [3.63, 3.8) is 0 Å². The van der Waals surface area contributed by atoms with Crippen LogP contribution in [0.2, 0.25) is 0 Å². The minimum absolute atomic E-state index is 0.309. The van der Waals surface area contributed by atoms with Crippen LogP contribution in [-0.2, 0) is 25.7 Å². The zero-order valence-electron chi connectivity index (χ0n) is 12.9. The molecule has 124 valence electrons. The molecule has 7 heteroatoms. The van der Waals surface area contributed by atoms with Gasteiger partial charge in [-0.05, 0) is 30.9 Å². The molecule has 0 aromatic carbocycles. The molecule has 2 aromatic rings. The lowest BCUT2D eigenvalue weighted by Crippen LogP contribution is -2.29. The molecule has 1 N–H and O–H groups in total. The van der Waals surface area contributed by atoms with Gasteiger partial charge < -0.3 is 9.88 Å². The number of fused-ring (bicyclic) bond motifs is 1. The number of nitrogens with zero attached hydrogens (tertiary/aromatic N) is 3. The Morgan fingerprint density at radius 3 is 2.87 bits per heavy atom. The van der Waals surface area contributed by atoms with E-state index in [-0.39, 0.29) is 0 Å². The number of halogens is 3. The SMILES string of the molecule is Cc1ccc(CNC[C@H]2CCc3nc(C(F)(F)F)cn3C2)nc1. The molecule has 0 fully saturated rings. The van der Waals surface area contributed by atoms with Crippen LogP contribution >= 0.6 is 0 Å². The van der Waals surface area contributed by atoms with Crippen molar-refractivity contribution in [1.29, 1.82) is 0 Å². The maximum absolute atomic E-state index is 12.7. The Kier molecular flexibility index (Phi) is 4.39. The van der Waals surface area contributed by atoms with Gasteiger partial charge in [-0.1, -0.05) is 6.07 Å². The fourth-order valence-corrected chi connectivity index (χ4v) is 2.83. The Morgan fingerprint density at radius 2 is 2.17 bits per heavy atom. The van der Waals surface area contributed by atoms with Gasteiger partial charge in [-0.2, -0.15) is 13.2 Å². The summed E-state index contributed by atoms with van der Waals surface area (Å²) in [5, 5.41) is 3.34. The summed E-state index contributed by atoms with van der Waals surface area (Å²) >= 11 is 0. The predicted octanol–water partition coefficient (Wildman–Crippen LogP) is 2.96.